The Bertz CT molecular complexity index is 472. The highest BCUT2D eigenvalue weighted by atomic mass is 16.5. The molecule has 0 saturated carbocycles. The van der Waals surface area contributed by atoms with Crippen molar-refractivity contribution in [2.45, 2.75) is 32.2 Å². The van der Waals surface area contributed by atoms with Gasteiger partial charge < -0.3 is 20.5 Å². The zero-order valence-corrected chi connectivity index (χ0v) is 13.6. The summed E-state index contributed by atoms with van der Waals surface area (Å²) >= 11 is 0. The van der Waals surface area contributed by atoms with Crippen LogP contribution < -0.4 is 15.8 Å². The van der Waals surface area contributed by atoms with E-state index in [-0.39, 0.29) is 11.5 Å². The van der Waals surface area contributed by atoms with Gasteiger partial charge in [-0.3, -0.25) is 4.99 Å². The van der Waals surface area contributed by atoms with Crippen molar-refractivity contribution in [3.63, 3.8) is 0 Å². The lowest BCUT2D eigenvalue weighted by molar-refractivity contribution is 0.179. The van der Waals surface area contributed by atoms with Crippen LogP contribution in [0.5, 0.6) is 5.75 Å². The van der Waals surface area contributed by atoms with Crippen LogP contribution in [0.25, 0.3) is 0 Å². The van der Waals surface area contributed by atoms with Crippen molar-refractivity contribution in [3.8, 4) is 5.75 Å². The zero-order chi connectivity index (χ0) is 15.9. The molecule has 0 amide bonds. The van der Waals surface area contributed by atoms with E-state index in [0.717, 1.165) is 5.75 Å². The predicted octanol–water partition coefficient (Wildman–Crippen LogP) is 1.91. The molecule has 0 heterocycles. The van der Waals surface area contributed by atoms with Gasteiger partial charge in [-0.15, -0.1) is 0 Å². The normalized spacial score (nSPS) is 13.9. The SMILES string of the molecule is COCC(C)NC(N)=NCC(C)(C)c1cccc(OC)c1. The zero-order valence-electron chi connectivity index (χ0n) is 13.6. The van der Waals surface area contributed by atoms with E-state index >= 15 is 0 Å². The molecule has 3 N–H and O–H groups in total. The van der Waals surface area contributed by atoms with Crippen molar-refractivity contribution < 1.29 is 9.47 Å². The smallest absolute Gasteiger partial charge is 0.188 e. The largest absolute Gasteiger partial charge is 0.497 e. The third kappa shape index (κ3) is 5.63. The highest BCUT2D eigenvalue weighted by molar-refractivity contribution is 5.78. The van der Waals surface area contributed by atoms with E-state index in [2.05, 4.69) is 30.2 Å². The van der Waals surface area contributed by atoms with E-state index in [1.54, 1.807) is 14.2 Å². The van der Waals surface area contributed by atoms with Crippen LogP contribution in [0.15, 0.2) is 29.3 Å². The van der Waals surface area contributed by atoms with E-state index in [1.165, 1.54) is 5.56 Å². The van der Waals surface area contributed by atoms with Crippen LogP contribution in [0, 0.1) is 0 Å². The van der Waals surface area contributed by atoms with Gasteiger partial charge in [-0.1, -0.05) is 26.0 Å². The minimum absolute atomic E-state index is 0.120. The van der Waals surface area contributed by atoms with Gasteiger partial charge in [-0.2, -0.15) is 0 Å². The van der Waals surface area contributed by atoms with Gasteiger partial charge in [0.05, 0.1) is 20.3 Å². The molecule has 1 atom stereocenters. The Morgan fingerprint density at radius 3 is 2.71 bits per heavy atom. The molecule has 5 nitrogen and oxygen atoms in total. The summed E-state index contributed by atoms with van der Waals surface area (Å²) in [4.78, 5) is 4.44. The Balaban J connectivity index is 2.70. The minimum Gasteiger partial charge on any atom is -0.497 e. The fraction of sp³-hybridized carbons (Fsp3) is 0.562. The van der Waals surface area contributed by atoms with Crippen molar-refractivity contribution in [1.82, 2.24) is 5.32 Å². The molecule has 5 heteroatoms. The Hall–Kier alpha value is -1.75. The first-order valence-corrected chi connectivity index (χ1v) is 7.09. The Morgan fingerprint density at radius 1 is 1.38 bits per heavy atom. The molecule has 1 aromatic rings. The van der Waals surface area contributed by atoms with Crippen molar-refractivity contribution in [2.75, 3.05) is 27.4 Å². The van der Waals surface area contributed by atoms with Gasteiger partial charge in [0.2, 0.25) is 0 Å². The average molecular weight is 293 g/mol. The van der Waals surface area contributed by atoms with Gasteiger partial charge in [0.1, 0.15) is 5.75 Å². The number of benzene rings is 1. The van der Waals surface area contributed by atoms with E-state index in [4.69, 9.17) is 15.2 Å². The fourth-order valence-electron chi connectivity index (χ4n) is 2.01. The molecule has 0 radical (unpaired) electrons. The number of ether oxygens (including phenoxy) is 2. The molecule has 21 heavy (non-hydrogen) atoms. The van der Waals surface area contributed by atoms with Crippen molar-refractivity contribution in [3.05, 3.63) is 29.8 Å². The number of hydrogen-bond acceptors (Lipinski definition) is 3. The summed E-state index contributed by atoms with van der Waals surface area (Å²) < 4.78 is 10.3. The molecule has 0 saturated heterocycles. The molecule has 1 unspecified atom stereocenters. The van der Waals surface area contributed by atoms with Crippen molar-refractivity contribution in [1.29, 1.82) is 0 Å². The first-order valence-electron chi connectivity index (χ1n) is 7.09. The molecular formula is C16H27N3O2. The summed E-state index contributed by atoms with van der Waals surface area (Å²) in [7, 11) is 3.33. The summed E-state index contributed by atoms with van der Waals surface area (Å²) in [6.45, 7) is 7.46. The van der Waals surface area contributed by atoms with Gasteiger partial charge in [-0.05, 0) is 24.6 Å². The summed E-state index contributed by atoms with van der Waals surface area (Å²) in [5.41, 5.74) is 6.95. The van der Waals surface area contributed by atoms with E-state index in [0.29, 0.717) is 19.1 Å². The van der Waals surface area contributed by atoms with Crippen LogP contribution >= 0.6 is 0 Å². The third-order valence-electron chi connectivity index (χ3n) is 3.31. The summed E-state index contributed by atoms with van der Waals surface area (Å²) in [6.07, 6.45) is 0. The van der Waals surface area contributed by atoms with E-state index < -0.39 is 0 Å². The standard InChI is InChI=1S/C16H27N3O2/c1-12(10-20-4)19-15(17)18-11-16(2,3)13-7-6-8-14(9-13)21-5/h6-9,12H,10-11H2,1-5H3,(H3,17,18,19). The Labute approximate surface area is 127 Å². The van der Waals surface area contributed by atoms with Crippen molar-refractivity contribution in [2.24, 2.45) is 10.7 Å². The third-order valence-corrected chi connectivity index (χ3v) is 3.31. The maximum Gasteiger partial charge on any atom is 0.188 e. The second-order valence-corrected chi connectivity index (χ2v) is 5.82. The molecule has 0 aromatic heterocycles. The molecule has 0 aliphatic carbocycles. The number of methoxy groups -OCH3 is 2. The quantitative estimate of drug-likeness (QED) is 0.595. The van der Waals surface area contributed by atoms with Gasteiger partial charge >= 0.3 is 0 Å². The number of aliphatic imine (C=N–C) groups is 1. The topological polar surface area (TPSA) is 68.9 Å². The number of rotatable bonds is 7. The highest BCUT2D eigenvalue weighted by Gasteiger charge is 2.21. The fourth-order valence-corrected chi connectivity index (χ4v) is 2.01. The lowest BCUT2D eigenvalue weighted by atomic mass is 9.85. The van der Waals surface area contributed by atoms with Crippen LogP contribution in [-0.2, 0) is 10.2 Å². The molecule has 0 spiro atoms. The van der Waals surface area contributed by atoms with Gasteiger partial charge in [-0.25, -0.2) is 0 Å². The van der Waals surface area contributed by atoms with E-state index in [9.17, 15) is 0 Å². The number of nitrogens with one attached hydrogen (secondary N) is 1. The maximum absolute atomic E-state index is 5.90. The molecular weight excluding hydrogens is 266 g/mol. The van der Waals surface area contributed by atoms with Crippen LogP contribution in [0.4, 0.5) is 0 Å². The molecule has 0 bridgehead atoms. The minimum atomic E-state index is -0.120. The van der Waals surface area contributed by atoms with E-state index in [1.807, 2.05) is 25.1 Å². The van der Waals surface area contributed by atoms with Crippen molar-refractivity contribution >= 4 is 5.96 Å². The maximum atomic E-state index is 5.90. The number of guanidine groups is 1. The van der Waals surface area contributed by atoms with Gasteiger partial charge in [0.15, 0.2) is 5.96 Å². The number of nitrogens with two attached hydrogens (primary N) is 1. The first kappa shape index (κ1) is 17.3. The summed E-state index contributed by atoms with van der Waals surface area (Å²) in [5, 5.41) is 3.11. The molecule has 118 valence electrons. The number of hydrogen-bond donors (Lipinski definition) is 2. The summed E-state index contributed by atoms with van der Waals surface area (Å²) in [5.74, 6) is 1.29. The second-order valence-electron chi connectivity index (χ2n) is 5.82. The van der Waals surface area contributed by atoms with Gasteiger partial charge in [0.25, 0.3) is 0 Å². The van der Waals surface area contributed by atoms with Crippen LogP contribution in [0.2, 0.25) is 0 Å². The molecule has 1 aromatic carbocycles. The van der Waals surface area contributed by atoms with Crippen LogP contribution in [0.3, 0.4) is 0 Å². The van der Waals surface area contributed by atoms with Crippen LogP contribution in [-0.4, -0.2) is 39.4 Å². The average Bonchev–Trinajstić information content (AvgIpc) is 2.45. The first-order chi connectivity index (χ1) is 9.89. The predicted molar refractivity (Wildman–Crippen MR) is 87.0 cm³/mol. The molecule has 1 rings (SSSR count). The lowest BCUT2D eigenvalue weighted by Crippen LogP contribution is -2.41. The Morgan fingerprint density at radius 2 is 2.10 bits per heavy atom. The monoisotopic (exact) mass is 293 g/mol. The molecule has 0 aliphatic heterocycles. The number of nitrogens with zero attached hydrogens (tertiary/aromatic N) is 1. The second kappa shape index (κ2) is 7.88. The highest BCUT2D eigenvalue weighted by Crippen LogP contribution is 2.26. The molecule has 0 fully saturated rings. The van der Waals surface area contributed by atoms with Crippen LogP contribution in [0.1, 0.15) is 26.3 Å². The van der Waals surface area contributed by atoms with Gasteiger partial charge in [0, 0.05) is 18.6 Å². The Kier molecular flexibility index (Phi) is 6.49. The molecule has 0 aliphatic rings. The summed E-state index contributed by atoms with van der Waals surface area (Å²) in [6, 6.07) is 8.17. The lowest BCUT2D eigenvalue weighted by Gasteiger charge is -2.24.